The number of nitrogens with zero attached hydrogens (tertiary/aromatic N) is 1. The van der Waals surface area contributed by atoms with Gasteiger partial charge in [-0.2, -0.15) is 0 Å². The standard InChI is InChI=1S/C19H21ClN2O4/c1-3-12(2)17(19(25)26)21-18(24)14-8-9-16(23)22(11-14)10-13-6-4-5-7-15(13)20/h4-9,11-12,17H,3,10H2,1-2H3,(H,21,24)(H,25,26). The van der Waals surface area contributed by atoms with E-state index in [1.807, 2.05) is 13.0 Å². The van der Waals surface area contributed by atoms with Crippen LogP contribution in [0.4, 0.5) is 0 Å². The maximum Gasteiger partial charge on any atom is 0.326 e. The van der Waals surface area contributed by atoms with Crippen LogP contribution in [0.3, 0.4) is 0 Å². The minimum atomic E-state index is -1.09. The lowest BCUT2D eigenvalue weighted by molar-refractivity contribution is -0.140. The quantitative estimate of drug-likeness (QED) is 0.777. The Labute approximate surface area is 156 Å². The number of rotatable bonds is 7. The molecule has 0 aliphatic heterocycles. The second kappa shape index (κ2) is 8.67. The summed E-state index contributed by atoms with van der Waals surface area (Å²) in [6, 6.07) is 8.80. The molecule has 0 radical (unpaired) electrons. The summed E-state index contributed by atoms with van der Waals surface area (Å²) in [4.78, 5) is 35.9. The van der Waals surface area contributed by atoms with E-state index in [4.69, 9.17) is 11.6 Å². The normalized spacial score (nSPS) is 13.0. The van der Waals surface area contributed by atoms with E-state index in [0.717, 1.165) is 5.56 Å². The van der Waals surface area contributed by atoms with Crippen molar-refractivity contribution in [3.8, 4) is 0 Å². The van der Waals surface area contributed by atoms with Gasteiger partial charge in [0.2, 0.25) is 0 Å². The van der Waals surface area contributed by atoms with Crippen LogP contribution >= 0.6 is 11.6 Å². The van der Waals surface area contributed by atoms with E-state index < -0.39 is 17.9 Å². The molecule has 7 heteroatoms. The van der Waals surface area contributed by atoms with Crippen LogP contribution in [0, 0.1) is 5.92 Å². The van der Waals surface area contributed by atoms with Crippen molar-refractivity contribution in [3.05, 3.63) is 69.1 Å². The Hall–Kier alpha value is -2.60. The van der Waals surface area contributed by atoms with Gasteiger partial charge in [0.25, 0.3) is 11.5 Å². The highest BCUT2D eigenvalue weighted by Gasteiger charge is 2.25. The van der Waals surface area contributed by atoms with Gasteiger partial charge in [0, 0.05) is 17.3 Å². The lowest BCUT2D eigenvalue weighted by atomic mass is 9.99. The molecule has 0 saturated carbocycles. The Bertz CT molecular complexity index is 863. The van der Waals surface area contributed by atoms with Gasteiger partial charge in [-0.15, -0.1) is 0 Å². The van der Waals surface area contributed by atoms with Crippen LogP contribution in [0.1, 0.15) is 36.2 Å². The molecule has 1 aromatic carbocycles. The Morgan fingerprint density at radius 3 is 2.54 bits per heavy atom. The molecule has 1 amide bonds. The first-order chi connectivity index (χ1) is 12.3. The topological polar surface area (TPSA) is 88.4 Å². The first-order valence-electron chi connectivity index (χ1n) is 8.31. The fraction of sp³-hybridized carbons (Fsp3) is 0.316. The number of halogens is 1. The first kappa shape index (κ1) is 19.7. The van der Waals surface area contributed by atoms with Crippen LogP contribution in [0.2, 0.25) is 5.02 Å². The number of carboxylic acid groups (broad SMARTS) is 1. The predicted octanol–water partition coefficient (Wildman–Crippen LogP) is 2.78. The van der Waals surface area contributed by atoms with Crippen molar-refractivity contribution in [3.63, 3.8) is 0 Å². The number of carbonyl (C=O) groups is 2. The van der Waals surface area contributed by atoms with Gasteiger partial charge in [0.05, 0.1) is 12.1 Å². The third kappa shape index (κ3) is 4.73. The van der Waals surface area contributed by atoms with Gasteiger partial charge in [0.15, 0.2) is 0 Å². The molecule has 2 aromatic rings. The number of hydrogen-bond donors (Lipinski definition) is 2. The van der Waals surface area contributed by atoms with Crippen molar-refractivity contribution in [2.24, 2.45) is 5.92 Å². The Kier molecular flexibility index (Phi) is 6.58. The van der Waals surface area contributed by atoms with Gasteiger partial charge in [-0.25, -0.2) is 4.79 Å². The summed E-state index contributed by atoms with van der Waals surface area (Å²) >= 11 is 6.12. The Balaban J connectivity index is 2.25. The second-order valence-corrected chi connectivity index (χ2v) is 6.56. The SMILES string of the molecule is CCC(C)C(NC(=O)c1ccc(=O)n(Cc2ccccc2Cl)c1)C(=O)O. The van der Waals surface area contributed by atoms with Gasteiger partial charge >= 0.3 is 5.97 Å². The van der Waals surface area contributed by atoms with Gasteiger partial charge in [-0.05, 0) is 23.6 Å². The molecular weight excluding hydrogens is 356 g/mol. The summed E-state index contributed by atoms with van der Waals surface area (Å²) in [6.45, 7) is 3.83. The highest BCUT2D eigenvalue weighted by molar-refractivity contribution is 6.31. The molecule has 0 fully saturated rings. The summed E-state index contributed by atoms with van der Waals surface area (Å²) in [5.41, 5.74) is 0.682. The van der Waals surface area contributed by atoms with Gasteiger partial charge in [-0.1, -0.05) is 50.1 Å². The maximum atomic E-state index is 12.4. The summed E-state index contributed by atoms with van der Waals surface area (Å²) in [7, 11) is 0. The second-order valence-electron chi connectivity index (χ2n) is 6.15. The zero-order valence-corrected chi connectivity index (χ0v) is 15.4. The van der Waals surface area contributed by atoms with Gasteiger partial charge in [-0.3, -0.25) is 9.59 Å². The molecule has 0 aliphatic carbocycles. The molecule has 6 nitrogen and oxygen atoms in total. The van der Waals surface area contributed by atoms with E-state index in [1.54, 1.807) is 25.1 Å². The maximum absolute atomic E-state index is 12.4. The van der Waals surface area contributed by atoms with E-state index in [2.05, 4.69) is 5.32 Å². The monoisotopic (exact) mass is 376 g/mol. The van der Waals surface area contributed by atoms with Gasteiger partial charge < -0.3 is 15.0 Å². The average molecular weight is 377 g/mol. The van der Waals surface area contributed by atoms with Crippen LogP contribution in [0.15, 0.2) is 47.4 Å². The number of amides is 1. The molecule has 0 bridgehead atoms. The highest BCUT2D eigenvalue weighted by atomic mass is 35.5. The van der Waals surface area contributed by atoms with Crippen molar-refractivity contribution in [1.82, 2.24) is 9.88 Å². The average Bonchev–Trinajstić information content (AvgIpc) is 2.62. The molecule has 1 heterocycles. The molecule has 26 heavy (non-hydrogen) atoms. The molecule has 2 atom stereocenters. The number of aliphatic carboxylic acids is 1. The molecule has 2 N–H and O–H groups in total. The van der Waals surface area contributed by atoms with E-state index in [9.17, 15) is 19.5 Å². The fourth-order valence-corrected chi connectivity index (χ4v) is 2.70. The van der Waals surface area contributed by atoms with Crippen molar-refractivity contribution in [1.29, 1.82) is 0 Å². The molecule has 2 unspecified atom stereocenters. The largest absolute Gasteiger partial charge is 0.480 e. The Morgan fingerprint density at radius 2 is 1.92 bits per heavy atom. The third-order valence-electron chi connectivity index (χ3n) is 4.31. The van der Waals surface area contributed by atoms with E-state index in [-0.39, 0.29) is 23.6 Å². The number of nitrogens with one attached hydrogen (secondary N) is 1. The lowest BCUT2D eigenvalue weighted by Gasteiger charge is -2.20. The minimum absolute atomic E-state index is 0.214. The van der Waals surface area contributed by atoms with Gasteiger partial charge in [0.1, 0.15) is 6.04 Å². The lowest BCUT2D eigenvalue weighted by Crippen LogP contribution is -2.45. The van der Waals surface area contributed by atoms with E-state index in [0.29, 0.717) is 11.4 Å². The highest BCUT2D eigenvalue weighted by Crippen LogP contribution is 2.16. The number of pyridine rings is 1. The van der Waals surface area contributed by atoms with E-state index in [1.165, 1.54) is 22.9 Å². The van der Waals surface area contributed by atoms with Crippen LogP contribution in [0.5, 0.6) is 0 Å². The molecule has 2 rings (SSSR count). The molecule has 138 valence electrons. The number of carboxylic acids is 1. The summed E-state index contributed by atoms with van der Waals surface area (Å²) < 4.78 is 1.37. The number of carbonyl (C=O) groups excluding carboxylic acids is 1. The van der Waals surface area contributed by atoms with Crippen LogP contribution in [-0.4, -0.2) is 27.6 Å². The first-order valence-corrected chi connectivity index (χ1v) is 8.68. The van der Waals surface area contributed by atoms with Crippen molar-refractivity contribution in [2.45, 2.75) is 32.9 Å². The smallest absolute Gasteiger partial charge is 0.326 e. The molecule has 1 aromatic heterocycles. The summed E-state index contributed by atoms with van der Waals surface area (Å²) in [6.07, 6.45) is 2.03. The number of aromatic nitrogens is 1. The molecular formula is C19H21ClN2O4. The predicted molar refractivity (Wildman–Crippen MR) is 99.6 cm³/mol. The van der Waals surface area contributed by atoms with Crippen molar-refractivity contribution >= 4 is 23.5 Å². The zero-order valence-electron chi connectivity index (χ0n) is 14.6. The Morgan fingerprint density at radius 1 is 1.23 bits per heavy atom. The van der Waals surface area contributed by atoms with Crippen molar-refractivity contribution < 1.29 is 14.7 Å². The van der Waals surface area contributed by atoms with Crippen LogP contribution in [0.25, 0.3) is 0 Å². The zero-order chi connectivity index (χ0) is 19.3. The van der Waals surface area contributed by atoms with Crippen molar-refractivity contribution in [2.75, 3.05) is 0 Å². The molecule has 0 saturated heterocycles. The summed E-state index contributed by atoms with van der Waals surface area (Å²) in [5.74, 6) is -1.84. The van der Waals surface area contributed by atoms with E-state index >= 15 is 0 Å². The molecule has 0 spiro atoms. The van der Waals surface area contributed by atoms with Crippen LogP contribution in [-0.2, 0) is 11.3 Å². The fourth-order valence-electron chi connectivity index (χ4n) is 2.51. The molecule has 0 aliphatic rings. The number of hydrogen-bond acceptors (Lipinski definition) is 3. The van der Waals surface area contributed by atoms with Crippen LogP contribution < -0.4 is 10.9 Å². The third-order valence-corrected chi connectivity index (χ3v) is 4.68. The number of benzene rings is 1. The summed E-state index contributed by atoms with van der Waals surface area (Å²) in [5, 5.41) is 12.4. The minimum Gasteiger partial charge on any atom is -0.480 e.